The van der Waals surface area contributed by atoms with Gasteiger partial charge in [-0.05, 0) is 35.4 Å². The molecular formula is C24H21FN2O. The first-order valence-corrected chi connectivity index (χ1v) is 9.24. The molecule has 3 aromatic carbocycles. The SMILES string of the molecule is Cn1c(C(=O)N(Cc2ccccc2)Cc2ccccc2)cc2ccc(F)cc21. The second-order valence-corrected chi connectivity index (χ2v) is 6.92. The van der Waals surface area contributed by atoms with E-state index in [1.54, 1.807) is 17.7 Å². The number of fused-ring (bicyclic) bond motifs is 1. The highest BCUT2D eigenvalue weighted by Crippen LogP contribution is 2.22. The summed E-state index contributed by atoms with van der Waals surface area (Å²) in [6.45, 7) is 1.01. The van der Waals surface area contributed by atoms with Gasteiger partial charge in [0.25, 0.3) is 5.91 Å². The summed E-state index contributed by atoms with van der Waals surface area (Å²) >= 11 is 0. The summed E-state index contributed by atoms with van der Waals surface area (Å²) in [5, 5.41) is 0.853. The van der Waals surface area contributed by atoms with Crippen molar-refractivity contribution < 1.29 is 9.18 Å². The van der Waals surface area contributed by atoms with Gasteiger partial charge in [0, 0.05) is 25.5 Å². The lowest BCUT2D eigenvalue weighted by Gasteiger charge is -2.23. The molecule has 140 valence electrons. The highest BCUT2D eigenvalue weighted by molar-refractivity contribution is 5.98. The van der Waals surface area contributed by atoms with Crippen LogP contribution >= 0.6 is 0 Å². The smallest absolute Gasteiger partial charge is 0.271 e. The molecule has 1 aromatic heterocycles. The van der Waals surface area contributed by atoms with Crippen LogP contribution in [0, 0.1) is 5.82 Å². The molecule has 0 aliphatic heterocycles. The van der Waals surface area contributed by atoms with Crippen molar-refractivity contribution in [1.82, 2.24) is 9.47 Å². The van der Waals surface area contributed by atoms with E-state index in [-0.39, 0.29) is 11.7 Å². The van der Waals surface area contributed by atoms with E-state index in [2.05, 4.69) is 0 Å². The average Bonchev–Trinajstić information content (AvgIpc) is 3.04. The van der Waals surface area contributed by atoms with E-state index < -0.39 is 0 Å². The fraction of sp³-hybridized carbons (Fsp3) is 0.125. The van der Waals surface area contributed by atoms with E-state index in [0.717, 1.165) is 16.5 Å². The van der Waals surface area contributed by atoms with Crippen LogP contribution in [0.1, 0.15) is 21.6 Å². The molecule has 0 aliphatic carbocycles. The van der Waals surface area contributed by atoms with Crippen molar-refractivity contribution in [1.29, 1.82) is 0 Å². The van der Waals surface area contributed by atoms with E-state index in [1.807, 2.05) is 71.6 Å². The molecule has 0 aliphatic rings. The van der Waals surface area contributed by atoms with Gasteiger partial charge in [0.15, 0.2) is 0 Å². The number of aromatic nitrogens is 1. The molecule has 0 radical (unpaired) electrons. The maximum Gasteiger partial charge on any atom is 0.271 e. The number of halogens is 1. The molecule has 0 saturated heterocycles. The van der Waals surface area contributed by atoms with Crippen LogP contribution in [-0.2, 0) is 20.1 Å². The molecule has 1 heterocycles. The summed E-state index contributed by atoms with van der Waals surface area (Å²) in [7, 11) is 1.80. The maximum absolute atomic E-state index is 13.7. The molecule has 28 heavy (non-hydrogen) atoms. The summed E-state index contributed by atoms with van der Waals surface area (Å²) in [6.07, 6.45) is 0. The zero-order chi connectivity index (χ0) is 19.5. The van der Waals surface area contributed by atoms with Gasteiger partial charge in [-0.2, -0.15) is 0 Å². The standard InChI is InChI=1S/C24H21FN2O/c1-26-22-15-21(25)13-12-20(22)14-23(26)24(28)27(16-18-8-4-2-5-9-18)17-19-10-6-3-7-11-19/h2-15H,16-17H2,1H3. The molecule has 0 atom stereocenters. The number of hydrogen-bond donors (Lipinski definition) is 0. The fourth-order valence-electron chi connectivity index (χ4n) is 3.48. The number of hydrogen-bond acceptors (Lipinski definition) is 1. The molecular weight excluding hydrogens is 351 g/mol. The third kappa shape index (κ3) is 3.67. The Hall–Kier alpha value is -3.40. The highest BCUT2D eigenvalue weighted by Gasteiger charge is 2.21. The molecule has 0 bridgehead atoms. The molecule has 0 N–H and O–H groups in total. The van der Waals surface area contributed by atoms with E-state index in [9.17, 15) is 9.18 Å². The van der Waals surface area contributed by atoms with Gasteiger partial charge in [0.2, 0.25) is 0 Å². The van der Waals surface area contributed by atoms with Gasteiger partial charge >= 0.3 is 0 Å². The van der Waals surface area contributed by atoms with Gasteiger partial charge in [-0.3, -0.25) is 4.79 Å². The van der Waals surface area contributed by atoms with Crippen LogP contribution in [0.3, 0.4) is 0 Å². The van der Waals surface area contributed by atoms with E-state index in [4.69, 9.17) is 0 Å². The van der Waals surface area contributed by atoms with Gasteiger partial charge < -0.3 is 9.47 Å². The van der Waals surface area contributed by atoms with Crippen LogP contribution in [0.5, 0.6) is 0 Å². The minimum Gasteiger partial charge on any atom is -0.340 e. The van der Waals surface area contributed by atoms with Gasteiger partial charge in [-0.15, -0.1) is 0 Å². The monoisotopic (exact) mass is 372 g/mol. The number of nitrogens with zero attached hydrogens (tertiary/aromatic N) is 2. The highest BCUT2D eigenvalue weighted by atomic mass is 19.1. The molecule has 4 aromatic rings. The van der Waals surface area contributed by atoms with Crippen LogP contribution in [-0.4, -0.2) is 15.4 Å². The molecule has 4 heteroatoms. The predicted octanol–water partition coefficient (Wildman–Crippen LogP) is 5.16. The minimum absolute atomic E-state index is 0.0770. The van der Waals surface area contributed by atoms with Gasteiger partial charge in [-0.1, -0.05) is 60.7 Å². The van der Waals surface area contributed by atoms with Crippen LogP contribution in [0.2, 0.25) is 0 Å². The topological polar surface area (TPSA) is 25.2 Å². The number of amides is 1. The molecule has 1 amide bonds. The average molecular weight is 372 g/mol. The Kier molecular flexibility index (Phi) is 4.94. The Bertz CT molecular complexity index is 1060. The Morgan fingerprint density at radius 1 is 0.857 bits per heavy atom. The zero-order valence-corrected chi connectivity index (χ0v) is 15.7. The summed E-state index contributed by atoms with van der Waals surface area (Å²) in [6, 6.07) is 26.3. The quantitative estimate of drug-likeness (QED) is 0.475. The molecule has 0 spiro atoms. The predicted molar refractivity (Wildman–Crippen MR) is 109 cm³/mol. The van der Waals surface area contributed by atoms with Crippen LogP contribution in [0.4, 0.5) is 4.39 Å². The third-order valence-electron chi connectivity index (χ3n) is 4.95. The van der Waals surface area contributed by atoms with Gasteiger partial charge in [0.1, 0.15) is 11.5 Å². The van der Waals surface area contributed by atoms with Crippen molar-refractivity contribution in [2.45, 2.75) is 13.1 Å². The van der Waals surface area contributed by atoms with E-state index in [0.29, 0.717) is 24.3 Å². The lowest BCUT2D eigenvalue weighted by Crippen LogP contribution is -2.31. The van der Waals surface area contributed by atoms with Gasteiger partial charge in [-0.25, -0.2) is 4.39 Å². The van der Waals surface area contributed by atoms with Crippen molar-refractivity contribution in [3.05, 3.63) is 108 Å². The van der Waals surface area contributed by atoms with Crippen molar-refractivity contribution in [2.75, 3.05) is 0 Å². The van der Waals surface area contributed by atoms with Crippen molar-refractivity contribution >= 4 is 16.8 Å². The normalized spacial score (nSPS) is 10.9. The summed E-state index contributed by atoms with van der Waals surface area (Å²) in [5.74, 6) is -0.384. The van der Waals surface area contributed by atoms with Crippen molar-refractivity contribution in [3.63, 3.8) is 0 Å². The fourth-order valence-corrected chi connectivity index (χ4v) is 3.48. The van der Waals surface area contributed by atoms with Crippen LogP contribution < -0.4 is 0 Å². The first kappa shape index (κ1) is 18.0. The molecule has 3 nitrogen and oxygen atoms in total. The summed E-state index contributed by atoms with van der Waals surface area (Å²) < 4.78 is 15.4. The lowest BCUT2D eigenvalue weighted by molar-refractivity contribution is 0.0721. The zero-order valence-electron chi connectivity index (χ0n) is 15.7. The molecule has 0 saturated carbocycles. The first-order chi connectivity index (χ1) is 13.6. The van der Waals surface area contributed by atoms with Crippen LogP contribution in [0.25, 0.3) is 10.9 Å². The summed E-state index contributed by atoms with van der Waals surface area (Å²) in [4.78, 5) is 15.3. The van der Waals surface area contributed by atoms with Crippen molar-refractivity contribution in [2.24, 2.45) is 7.05 Å². The Morgan fingerprint density at radius 3 is 2.00 bits per heavy atom. The second kappa shape index (κ2) is 7.69. The molecule has 4 rings (SSSR count). The number of rotatable bonds is 5. The van der Waals surface area contributed by atoms with Crippen LogP contribution in [0.15, 0.2) is 84.9 Å². The summed E-state index contributed by atoms with van der Waals surface area (Å²) in [5.41, 5.74) is 3.39. The van der Waals surface area contributed by atoms with E-state index >= 15 is 0 Å². The molecule has 0 unspecified atom stereocenters. The lowest BCUT2D eigenvalue weighted by atomic mass is 10.1. The van der Waals surface area contributed by atoms with Gasteiger partial charge in [0.05, 0.1) is 5.52 Å². The number of aryl methyl sites for hydroxylation is 1. The first-order valence-electron chi connectivity index (χ1n) is 9.24. The Labute approximate surface area is 163 Å². The molecule has 0 fully saturated rings. The second-order valence-electron chi connectivity index (χ2n) is 6.92. The number of carbonyl (C=O) groups excluding carboxylic acids is 1. The number of benzene rings is 3. The van der Waals surface area contributed by atoms with Crippen molar-refractivity contribution in [3.8, 4) is 0 Å². The maximum atomic E-state index is 13.7. The Morgan fingerprint density at radius 2 is 1.43 bits per heavy atom. The minimum atomic E-state index is -0.307. The Balaban J connectivity index is 1.71. The largest absolute Gasteiger partial charge is 0.340 e. The third-order valence-corrected chi connectivity index (χ3v) is 4.95. The number of carbonyl (C=O) groups is 1. The van der Waals surface area contributed by atoms with E-state index in [1.165, 1.54) is 12.1 Å².